The van der Waals surface area contributed by atoms with Gasteiger partial charge in [-0.25, -0.2) is 4.39 Å². The molecule has 0 radical (unpaired) electrons. The summed E-state index contributed by atoms with van der Waals surface area (Å²) in [6.45, 7) is 4.09. The summed E-state index contributed by atoms with van der Waals surface area (Å²) in [5.41, 5.74) is 6.07. The van der Waals surface area contributed by atoms with E-state index < -0.39 is 5.82 Å². The number of carbonyl (C=O) groups excluding carboxylic acids is 1. The monoisotopic (exact) mass is 254 g/mol. The maximum Gasteiger partial charge on any atom is 0.225 e. The molecule has 1 aromatic rings. The summed E-state index contributed by atoms with van der Waals surface area (Å²) in [6, 6.07) is 4.16. The van der Waals surface area contributed by atoms with Gasteiger partial charge in [0.1, 0.15) is 0 Å². The Kier molecular flexibility index (Phi) is 5.58. The van der Waals surface area contributed by atoms with Crippen LogP contribution in [0.3, 0.4) is 0 Å². The van der Waals surface area contributed by atoms with Gasteiger partial charge in [0.05, 0.1) is 6.61 Å². The number of hydrogen-bond donors (Lipinski definition) is 2. The zero-order valence-electron chi connectivity index (χ0n) is 10.7. The van der Waals surface area contributed by atoms with Crippen molar-refractivity contribution < 1.29 is 13.9 Å². The second-order valence-corrected chi connectivity index (χ2v) is 4.00. The van der Waals surface area contributed by atoms with Gasteiger partial charge >= 0.3 is 0 Å². The predicted octanol–water partition coefficient (Wildman–Crippen LogP) is 2.29. The third kappa shape index (κ3) is 4.33. The van der Waals surface area contributed by atoms with Crippen LogP contribution in [0.5, 0.6) is 5.75 Å². The molecular weight excluding hydrogens is 235 g/mol. The van der Waals surface area contributed by atoms with Crippen LogP contribution in [0, 0.1) is 5.82 Å². The Labute approximate surface area is 106 Å². The molecule has 0 saturated carbocycles. The molecule has 1 atom stereocenters. The van der Waals surface area contributed by atoms with Gasteiger partial charge in [-0.3, -0.25) is 4.79 Å². The van der Waals surface area contributed by atoms with Crippen LogP contribution in [0.15, 0.2) is 18.2 Å². The Hall–Kier alpha value is -1.62. The molecule has 1 unspecified atom stereocenters. The van der Waals surface area contributed by atoms with E-state index in [1.54, 1.807) is 13.0 Å². The summed E-state index contributed by atoms with van der Waals surface area (Å²) in [4.78, 5) is 11.6. The summed E-state index contributed by atoms with van der Waals surface area (Å²) in [5.74, 6) is -0.525. The molecule has 0 aliphatic carbocycles. The molecule has 0 spiro atoms. The minimum Gasteiger partial charge on any atom is -0.491 e. The highest BCUT2D eigenvalue weighted by molar-refractivity contribution is 5.91. The topological polar surface area (TPSA) is 64.3 Å². The van der Waals surface area contributed by atoms with E-state index in [0.29, 0.717) is 12.3 Å². The largest absolute Gasteiger partial charge is 0.491 e. The number of benzene rings is 1. The molecule has 4 nitrogen and oxygen atoms in total. The Morgan fingerprint density at radius 2 is 2.22 bits per heavy atom. The van der Waals surface area contributed by atoms with Gasteiger partial charge in [0.15, 0.2) is 11.6 Å². The Morgan fingerprint density at radius 1 is 1.50 bits per heavy atom. The zero-order chi connectivity index (χ0) is 13.5. The number of nitrogens with one attached hydrogen (secondary N) is 1. The van der Waals surface area contributed by atoms with Gasteiger partial charge in [-0.2, -0.15) is 0 Å². The van der Waals surface area contributed by atoms with Crippen LogP contribution in [0.1, 0.15) is 26.7 Å². The lowest BCUT2D eigenvalue weighted by Gasteiger charge is -2.10. The number of nitrogens with two attached hydrogens (primary N) is 1. The maximum atomic E-state index is 13.5. The van der Waals surface area contributed by atoms with E-state index in [1.165, 1.54) is 12.1 Å². The molecular formula is C13H19FN2O2. The first-order valence-corrected chi connectivity index (χ1v) is 6.04. The molecule has 0 aliphatic heterocycles. The first-order chi connectivity index (χ1) is 8.56. The summed E-state index contributed by atoms with van der Waals surface area (Å²) in [6.07, 6.45) is 0.955. The molecule has 0 aliphatic rings. The fraction of sp³-hybridized carbons (Fsp3) is 0.462. The second-order valence-electron chi connectivity index (χ2n) is 4.00. The molecule has 5 heteroatoms. The van der Waals surface area contributed by atoms with Gasteiger partial charge in [-0.05, 0) is 25.5 Å². The van der Waals surface area contributed by atoms with E-state index in [4.69, 9.17) is 10.5 Å². The van der Waals surface area contributed by atoms with Crippen molar-refractivity contribution in [3.63, 3.8) is 0 Å². The molecule has 0 saturated heterocycles. The molecule has 1 amide bonds. The summed E-state index contributed by atoms with van der Waals surface area (Å²) in [7, 11) is 0. The molecule has 0 aromatic heterocycles. The lowest BCUT2D eigenvalue weighted by Crippen LogP contribution is -2.26. The molecule has 18 heavy (non-hydrogen) atoms. The Morgan fingerprint density at radius 3 is 2.78 bits per heavy atom. The highest BCUT2D eigenvalue weighted by Crippen LogP contribution is 2.21. The summed E-state index contributed by atoms with van der Waals surface area (Å²) < 4.78 is 18.6. The van der Waals surface area contributed by atoms with Gasteiger partial charge in [0.2, 0.25) is 5.91 Å². The predicted molar refractivity (Wildman–Crippen MR) is 69.1 cm³/mol. The van der Waals surface area contributed by atoms with Crippen molar-refractivity contribution >= 4 is 11.6 Å². The van der Waals surface area contributed by atoms with Crippen molar-refractivity contribution in [2.45, 2.75) is 32.7 Å². The third-order valence-electron chi connectivity index (χ3n) is 2.49. The van der Waals surface area contributed by atoms with Crippen LogP contribution in [0.4, 0.5) is 10.1 Å². The quantitative estimate of drug-likeness (QED) is 0.818. The average Bonchev–Trinajstić information content (AvgIpc) is 2.32. The molecule has 0 heterocycles. The zero-order valence-corrected chi connectivity index (χ0v) is 10.7. The first kappa shape index (κ1) is 14.4. The molecule has 0 bridgehead atoms. The van der Waals surface area contributed by atoms with Crippen LogP contribution < -0.4 is 15.8 Å². The molecule has 1 rings (SSSR count). The highest BCUT2D eigenvalue weighted by atomic mass is 19.1. The van der Waals surface area contributed by atoms with Crippen molar-refractivity contribution in [2.75, 3.05) is 11.9 Å². The van der Waals surface area contributed by atoms with Crippen LogP contribution >= 0.6 is 0 Å². The summed E-state index contributed by atoms with van der Waals surface area (Å²) in [5, 5.41) is 2.60. The number of ether oxygens (including phenoxy) is 1. The lowest BCUT2D eigenvalue weighted by atomic mass is 10.1. The van der Waals surface area contributed by atoms with E-state index in [9.17, 15) is 9.18 Å². The lowest BCUT2D eigenvalue weighted by molar-refractivity contribution is -0.116. The minimum atomic E-state index is -0.491. The van der Waals surface area contributed by atoms with E-state index >= 15 is 0 Å². The van der Waals surface area contributed by atoms with E-state index in [-0.39, 0.29) is 24.1 Å². The van der Waals surface area contributed by atoms with Gasteiger partial charge in [-0.1, -0.05) is 6.92 Å². The SMILES string of the molecule is CCOc1ccc(NC(=O)CC(N)CC)cc1F. The molecule has 100 valence electrons. The third-order valence-corrected chi connectivity index (χ3v) is 2.49. The normalized spacial score (nSPS) is 12.0. The standard InChI is InChI=1S/C13H19FN2O2/c1-3-9(15)7-13(17)16-10-5-6-12(18-4-2)11(14)8-10/h5-6,8-9H,3-4,7,15H2,1-2H3,(H,16,17). The van der Waals surface area contributed by atoms with Crippen LogP contribution in [0.2, 0.25) is 0 Å². The second kappa shape index (κ2) is 6.96. The first-order valence-electron chi connectivity index (χ1n) is 6.04. The van der Waals surface area contributed by atoms with Crippen molar-refractivity contribution in [3.8, 4) is 5.75 Å². The fourth-order valence-corrected chi connectivity index (χ4v) is 1.45. The van der Waals surface area contributed by atoms with Gasteiger partial charge in [0.25, 0.3) is 0 Å². The van der Waals surface area contributed by atoms with Crippen molar-refractivity contribution in [2.24, 2.45) is 5.73 Å². The highest BCUT2D eigenvalue weighted by Gasteiger charge is 2.09. The molecule has 3 N–H and O–H groups in total. The number of hydrogen-bond acceptors (Lipinski definition) is 3. The van der Waals surface area contributed by atoms with Crippen LogP contribution in [-0.2, 0) is 4.79 Å². The van der Waals surface area contributed by atoms with Crippen molar-refractivity contribution in [3.05, 3.63) is 24.0 Å². The van der Waals surface area contributed by atoms with Crippen molar-refractivity contribution in [1.29, 1.82) is 0 Å². The summed E-state index contributed by atoms with van der Waals surface area (Å²) >= 11 is 0. The molecule has 1 aromatic carbocycles. The number of rotatable bonds is 6. The number of halogens is 1. The van der Waals surface area contributed by atoms with E-state index in [0.717, 1.165) is 6.42 Å². The van der Waals surface area contributed by atoms with Gasteiger partial charge < -0.3 is 15.8 Å². The fourth-order valence-electron chi connectivity index (χ4n) is 1.45. The Bertz CT molecular complexity index is 410. The minimum absolute atomic E-state index is 0.169. The maximum absolute atomic E-state index is 13.5. The smallest absolute Gasteiger partial charge is 0.225 e. The average molecular weight is 254 g/mol. The van der Waals surface area contributed by atoms with Crippen molar-refractivity contribution in [1.82, 2.24) is 0 Å². The Balaban J connectivity index is 2.63. The van der Waals surface area contributed by atoms with Gasteiger partial charge in [0, 0.05) is 24.2 Å². The van der Waals surface area contributed by atoms with E-state index in [1.807, 2.05) is 6.92 Å². The number of anilines is 1. The van der Waals surface area contributed by atoms with Gasteiger partial charge in [-0.15, -0.1) is 0 Å². The molecule has 0 fully saturated rings. The van der Waals surface area contributed by atoms with Crippen LogP contribution in [0.25, 0.3) is 0 Å². The number of carbonyl (C=O) groups is 1. The van der Waals surface area contributed by atoms with E-state index in [2.05, 4.69) is 5.32 Å². The number of amides is 1. The van der Waals surface area contributed by atoms with Crippen LogP contribution in [-0.4, -0.2) is 18.6 Å².